The molecule has 1 atom stereocenters. The van der Waals surface area contributed by atoms with E-state index in [2.05, 4.69) is 10.4 Å². The van der Waals surface area contributed by atoms with Gasteiger partial charge in [-0.1, -0.05) is 12.1 Å². The fourth-order valence-electron chi connectivity index (χ4n) is 3.00. The van der Waals surface area contributed by atoms with Gasteiger partial charge in [-0.15, -0.1) is 11.3 Å². The number of hydrogen-bond donors (Lipinski definition) is 1. The second kappa shape index (κ2) is 5.83. The van der Waals surface area contributed by atoms with Crippen molar-refractivity contribution in [3.05, 3.63) is 69.5 Å². The number of carbonyl (C=O) groups excluding carboxylic acids is 1. The minimum atomic E-state index is -0.647. The lowest BCUT2D eigenvalue weighted by molar-refractivity contribution is -0.116. The summed E-state index contributed by atoms with van der Waals surface area (Å²) in [4.78, 5) is 13.2. The molecule has 4 rings (SSSR count). The summed E-state index contributed by atoms with van der Waals surface area (Å²) in [7, 11) is 0. The number of benzene rings is 1. The van der Waals surface area contributed by atoms with Crippen LogP contribution in [0.1, 0.15) is 28.3 Å². The Balaban J connectivity index is 1.75. The average Bonchev–Trinajstić information content (AvgIpc) is 3.18. The molecule has 2 aromatic heterocycles. The minimum absolute atomic E-state index is 0.111. The third-order valence-corrected chi connectivity index (χ3v) is 4.98. The smallest absolute Gasteiger partial charge is 0.226 e. The lowest BCUT2D eigenvalue weighted by Crippen LogP contribution is -2.25. The van der Waals surface area contributed by atoms with Gasteiger partial charge in [-0.3, -0.25) is 4.79 Å². The van der Waals surface area contributed by atoms with Gasteiger partial charge in [-0.05, 0) is 23.1 Å². The maximum atomic E-state index is 14.2. The van der Waals surface area contributed by atoms with E-state index in [9.17, 15) is 13.6 Å². The third-order valence-electron chi connectivity index (χ3n) is 4.11. The van der Waals surface area contributed by atoms with Crippen LogP contribution in [0, 0.1) is 11.6 Å². The molecule has 1 aliphatic rings. The number of aromatic nitrogens is 2. The number of anilines is 1. The number of nitrogens with zero attached hydrogens (tertiary/aromatic N) is 2. The highest BCUT2D eigenvalue weighted by Gasteiger charge is 2.31. The Kier molecular flexibility index (Phi) is 3.65. The largest absolute Gasteiger partial charge is 0.311 e. The van der Waals surface area contributed by atoms with Gasteiger partial charge in [0.05, 0.1) is 12.7 Å². The predicted octanol–water partition coefficient (Wildman–Crippen LogP) is 3.75. The SMILES string of the molecule is O=C1C[C@@H](c2ccc(F)cc2F)c2cnn(Cc3cccs3)c2N1. The molecule has 0 radical (unpaired) electrons. The van der Waals surface area contributed by atoms with Crippen molar-refractivity contribution in [2.75, 3.05) is 5.32 Å². The van der Waals surface area contributed by atoms with Gasteiger partial charge in [0.15, 0.2) is 0 Å². The van der Waals surface area contributed by atoms with E-state index >= 15 is 0 Å². The molecule has 0 aliphatic carbocycles. The van der Waals surface area contributed by atoms with Crippen molar-refractivity contribution < 1.29 is 13.6 Å². The van der Waals surface area contributed by atoms with Gasteiger partial charge >= 0.3 is 0 Å². The number of nitrogens with one attached hydrogen (secondary N) is 1. The van der Waals surface area contributed by atoms with Crippen LogP contribution in [0.15, 0.2) is 41.9 Å². The van der Waals surface area contributed by atoms with Gasteiger partial charge in [0, 0.05) is 28.8 Å². The third kappa shape index (κ3) is 2.60. The number of rotatable bonds is 3. The molecule has 122 valence electrons. The van der Waals surface area contributed by atoms with E-state index in [-0.39, 0.29) is 12.3 Å². The molecule has 1 N–H and O–H groups in total. The van der Waals surface area contributed by atoms with E-state index in [0.29, 0.717) is 17.9 Å². The van der Waals surface area contributed by atoms with E-state index in [0.717, 1.165) is 16.5 Å². The molecule has 0 fully saturated rings. The van der Waals surface area contributed by atoms with Crippen molar-refractivity contribution in [2.24, 2.45) is 0 Å². The Labute approximate surface area is 140 Å². The number of halogens is 2. The summed E-state index contributed by atoms with van der Waals surface area (Å²) in [6.45, 7) is 0.534. The highest BCUT2D eigenvalue weighted by atomic mass is 32.1. The highest BCUT2D eigenvalue weighted by Crippen LogP contribution is 2.38. The van der Waals surface area contributed by atoms with Crippen LogP contribution in [-0.2, 0) is 11.3 Å². The van der Waals surface area contributed by atoms with Crippen LogP contribution in [0.4, 0.5) is 14.6 Å². The molecule has 1 amide bonds. The van der Waals surface area contributed by atoms with Crippen molar-refractivity contribution in [3.8, 4) is 0 Å². The van der Waals surface area contributed by atoms with Crippen molar-refractivity contribution in [1.29, 1.82) is 0 Å². The molecule has 7 heteroatoms. The summed E-state index contributed by atoms with van der Waals surface area (Å²) < 4.78 is 29.0. The maximum Gasteiger partial charge on any atom is 0.226 e. The Morgan fingerprint density at radius 3 is 2.92 bits per heavy atom. The van der Waals surface area contributed by atoms with Crippen LogP contribution in [0.2, 0.25) is 0 Å². The van der Waals surface area contributed by atoms with Crippen molar-refractivity contribution >= 4 is 23.1 Å². The summed E-state index contributed by atoms with van der Waals surface area (Å²) >= 11 is 1.60. The van der Waals surface area contributed by atoms with E-state index in [1.165, 1.54) is 12.1 Å². The van der Waals surface area contributed by atoms with Gasteiger partial charge in [0.2, 0.25) is 5.91 Å². The molecule has 4 nitrogen and oxygen atoms in total. The molecule has 0 saturated heterocycles. The first kappa shape index (κ1) is 15.0. The molecule has 24 heavy (non-hydrogen) atoms. The molecule has 0 bridgehead atoms. The van der Waals surface area contributed by atoms with E-state index < -0.39 is 17.6 Å². The van der Waals surface area contributed by atoms with E-state index in [1.807, 2.05) is 17.5 Å². The van der Waals surface area contributed by atoms with Gasteiger partial charge in [0.25, 0.3) is 0 Å². The van der Waals surface area contributed by atoms with Crippen molar-refractivity contribution in [3.63, 3.8) is 0 Å². The first-order valence-corrected chi connectivity index (χ1v) is 8.32. The van der Waals surface area contributed by atoms with Crippen LogP contribution in [0.3, 0.4) is 0 Å². The molecule has 0 spiro atoms. The number of thiophene rings is 1. The number of carbonyl (C=O) groups is 1. The van der Waals surface area contributed by atoms with E-state index in [4.69, 9.17) is 0 Å². The molecule has 1 aromatic carbocycles. The van der Waals surface area contributed by atoms with Gasteiger partial charge in [-0.25, -0.2) is 13.5 Å². The molecule has 0 saturated carbocycles. The second-order valence-electron chi connectivity index (χ2n) is 5.66. The summed E-state index contributed by atoms with van der Waals surface area (Å²) in [6.07, 6.45) is 1.76. The number of fused-ring (bicyclic) bond motifs is 1. The molecular weight excluding hydrogens is 332 g/mol. The van der Waals surface area contributed by atoms with Gasteiger partial charge in [0.1, 0.15) is 17.5 Å². The zero-order chi connectivity index (χ0) is 16.7. The Morgan fingerprint density at radius 2 is 2.17 bits per heavy atom. The van der Waals surface area contributed by atoms with Crippen LogP contribution < -0.4 is 5.32 Å². The van der Waals surface area contributed by atoms with Crippen LogP contribution in [0.25, 0.3) is 0 Å². The lowest BCUT2D eigenvalue weighted by atomic mass is 9.87. The molecule has 3 aromatic rings. The monoisotopic (exact) mass is 345 g/mol. The first-order valence-electron chi connectivity index (χ1n) is 7.44. The normalized spacial score (nSPS) is 16.8. The summed E-state index contributed by atoms with van der Waals surface area (Å²) in [5.41, 5.74) is 1.06. The maximum absolute atomic E-state index is 14.2. The quantitative estimate of drug-likeness (QED) is 0.786. The van der Waals surface area contributed by atoms with Gasteiger partial charge < -0.3 is 5.32 Å². The zero-order valence-electron chi connectivity index (χ0n) is 12.5. The molecule has 1 aliphatic heterocycles. The fourth-order valence-corrected chi connectivity index (χ4v) is 3.69. The minimum Gasteiger partial charge on any atom is -0.311 e. The Morgan fingerprint density at radius 1 is 1.29 bits per heavy atom. The molecule has 0 unspecified atom stereocenters. The van der Waals surface area contributed by atoms with Crippen LogP contribution in [0.5, 0.6) is 0 Å². The van der Waals surface area contributed by atoms with Crippen molar-refractivity contribution in [1.82, 2.24) is 9.78 Å². The second-order valence-corrected chi connectivity index (χ2v) is 6.69. The topological polar surface area (TPSA) is 46.9 Å². The van der Waals surface area contributed by atoms with Crippen LogP contribution in [-0.4, -0.2) is 15.7 Å². The van der Waals surface area contributed by atoms with Gasteiger partial charge in [-0.2, -0.15) is 5.10 Å². The predicted molar refractivity (Wildman–Crippen MR) is 87.1 cm³/mol. The van der Waals surface area contributed by atoms with E-state index in [1.54, 1.807) is 22.2 Å². The average molecular weight is 345 g/mol. The molecule has 3 heterocycles. The highest BCUT2D eigenvalue weighted by molar-refractivity contribution is 7.09. The molecular formula is C17H13F2N3OS. The number of amides is 1. The Hall–Kier alpha value is -2.54. The van der Waals surface area contributed by atoms with Crippen molar-refractivity contribution in [2.45, 2.75) is 18.9 Å². The lowest BCUT2D eigenvalue weighted by Gasteiger charge is -2.24. The Bertz CT molecular complexity index is 905. The first-order chi connectivity index (χ1) is 11.6. The summed E-state index contributed by atoms with van der Waals surface area (Å²) in [5, 5.41) is 9.14. The fraction of sp³-hybridized carbons (Fsp3) is 0.176. The zero-order valence-corrected chi connectivity index (χ0v) is 13.3. The number of hydrogen-bond acceptors (Lipinski definition) is 3. The van der Waals surface area contributed by atoms with Crippen LogP contribution >= 0.6 is 11.3 Å². The summed E-state index contributed by atoms with van der Waals surface area (Å²) in [5.74, 6) is -1.37. The standard InChI is InChI=1S/C17H13F2N3OS/c18-10-3-4-12(15(19)6-10)13-7-16(23)21-17-14(13)8-20-22(17)9-11-2-1-5-24-11/h1-6,8,13H,7,9H2,(H,21,23)/t13-/m0/s1. The summed E-state index contributed by atoms with van der Waals surface area (Å²) in [6, 6.07) is 7.39.